The predicted octanol–water partition coefficient (Wildman–Crippen LogP) is -1.39. The molecule has 1 aromatic rings. The summed E-state index contributed by atoms with van der Waals surface area (Å²) in [6.07, 6.45) is 5.35. The van der Waals surface area contributed by atoms with Crippen molar-refractivity contribution in [2.75, 3.05) is 12.0 Å². The summed E-state index contributed by atoms with van der Waals surface area (Å²) in [4.78, 5) is 54.4. The van der Waals surface area contributed by atoms with E-state index in [1.807, 2.05) is 6.26 Å². The van der Waals surface area contributed by atoms with Crippen LogP contribution < -0.4 is 21.7 Å². The van der Waals surface area contributed by atoms with Crippen LogP contribution in [0, 0.1) is 0 Å². The predicted molar refractivity (Wildman–Crippen MR) is 108 cm³/mol. The summed E-state index contributed by atoms with van der Waals surface area (Å²) in [5, 5.41) is 16.5. The Labute approximate surface area is 173 Å². The number of carbonyl (C=O) groups excluding carboxylic acids is 3. The smallest absolute Gasteiger partial charge is 0.326 e. The molecule has 4 atom stereocenters. The fraction of sp³-hybridized carbons (Fsp3) is 0.588. The van der Waals surface area contributed by atoms with Gasteiger partial charge < -0.3 is 31.8 Å². The van der Waals surface area contributed by atoms with Gasteiger partial charge in [-0.25, -0.2) is 9.78 Å². The summed E-state index contributed by atoms with van der Waals surface area (Å²) in [5.41, 5.74) is 6.50. The number of nitrogens with one attached hydrogen (secondary N) is 4. The molecule has 3 amide bonds. The molecule has 11 nitrogen and oxygen atoms in total. The number of aromatic amines is 1. The van der Waals surface area contributed by atoms with E-state index < -0.39 is 47.9 Å². The molecule has 0 radical (unpaired) electrons. The van der Waals surface area contributed by atoms with E-state index in [1.54, 1.807) is 6.20 Å². The average Bonchev–Trinajstić information content (AvgIpc) is 3.17. The number of thioether (sulfide) groups is 1. The number of carboxylic acids is 1. The molecule has 0 bridgehead atoms. The van der Waals surface area contributed by atoms with Crippen molar-refractivity contribution in [2.24, 2.45) is 5.73 Å². The minimum Gasteiger partial charge on any atom is -0.480 e. The van der Waals surface area contributed by atoms with Gasteiger partial charge in [0.1, 0.15) is 18.1 Å². The lowest BCUT2D eigenvalue weighted by Crippen LogP contribution is -2.55. The number of hydrogen-bond donors (Lipinski definition) is 6. The molecule has 0 saturated heterocycles. The second-order valence-electron chi connectivity index (χ2n) is 6.53. The average molecular weight is 429 g/mol. The van der Waals surface area contributed by atoms with E-state index in [0.29, 0.717) is 11.4 Å². The summed E-state index contributed by atoms with van der Waals surface area (Å²) in [7, 11) is 0. The van der Waals surface area contributed by atoms with Gasteiger partial charge in [0, 0.05) is 18.3 Å². The number of nitrogens with zero attached hydrogens (tertiary/aromatic N) is 1. The van der Waals surface area contributed by atoms with Gasteiger partial charge in [-0.2, -0.15) is 11.8 Å². The first kappa shape index (κ1) is 24.4. The Kier molecular flexibility index (Phi) is 10.2. The van der Waals surface area contributed by atoms with E-state index in [2.05, 4.69) is 25.9 Å². The SMILES string of the molecule is CSCCC(NC(=O)C(C)NC(=O)C(C)NC(=O)C(N)Cc1cnc[nH]1)C(=O)O. The molecule has 0 aromatic carbocycles. The maximum Gasteiger partial charge on any atom is 0.326 e. The summed E-state index contributed by atoms with van der Waals surface area (Å²) in [5.74, 6) is -2.31. The number of rotatable bonds is 12. The van der Waals surface area contributed by atoms with Crippen molar-refractivity contribution in [3.63, 3.8) is 0 Å². The molecule has 0 aliphatic carbocycles. The number of nitrogens with two attached hydrogens (primary N) is 1. The van der Waals surface area contributed by atoms with Crippen molar-refractivity contribution < 1.29 is 24.3 Å². The Hall–Kier alpha value is -2.60. The van der Waals surface area contributed by atoms with Crippen molar-refractivity contribution >= 4 is 35.5 Å². The van der Waals surface area contributed by atoms with Crippen LogP contribution in [-0.4, -0.2) is 74.9 Å². The van der Waals surface area contributed by atoms with Crippen LogP contribution >= 0.6 is 11.8 Å². The van der Waals surface area contributed by atoms with Crippen molar-refractivity contribution in [3.05, 3.63) is 18.2 Å². The monoisotopic (exact) mass is 428 g/mol. The molecule has 0 spiro atoms. The van der Waals surface area contributed by atoms with Crippen LogP contribution in [0.5, 0.6) is 0 Å². The van der Waals surface area contributed by atoms with E-state index in [0.717, 1.165) is 0 Å². The molecule has 0 aliphatic rings. The topological polar surface area (TPSA) is 179 Å². The summed E-state index contributed by atoms with van der Waals surface area (Å²) < 4.78 is 0. The van der Waals surface area contributed by atoms with Crippen LogP contribution in [0.3, 0.4) is 0 Å². The molecule has 7 N–H and O–H groups in total. The maximum absolute atomic E-state index is 12.2. The highest BCUT2D eigenvalue weighted by atomic mass is 32.2. The molecule has 0 fully saturated rings. The molecule has 1 aromatic heterocycles. The lowest BCUT2D eigenvalue weighted by Gasteiger charge is -2.21. The van der Waals surface area contributed by atoms with Crippen molar-refractivity contribution in [2.45, 2.75) is 50.9 Å². The van der Waals surface area contributed by atoms with Crippen LogP contribution in [0.1, 0.15) is 26.0 Å². The largest absolute Gasteiger partial charge is 0.480 e. The highest BCUT2D eigenvalue weighted by Gasteiger charge is 2.26. The second kappa shape index (κ2) is 12.1. The minimum atomic E-state index is -1.14. The van der Waals surface area contributed by atoms with Crippen LogP contribution in [0.25, 0.3) is 0 Å². The molecular formula is C17H28N6O5S. The van der Waals surface area contributed by atoms with E-state index in [4.69, 9.17) is 10.8 Å². The van der Waals surface area contributed by atoms with E-state index in [9.17, 15) is 19.2 Å². The van der Waals surface area contributed by atoms with Gasteiger partial charge in [-0.05, 0) is 32.3 Å². The number of carbonyl (C=O) groups is 4. The van der Waals surface area contributed by atoms with E-state index >= 15 is 0 Å². The Balaban J connectivity index is 2.50. The maximum atomic E-state index is 12.2. The van der Waals surface area contributed by atoms with Gasteiger partial charge in [-0.3, -0.25) is 14.4 Å². The zero-order valence-corrected chi connectivity index (χ0v) is 17.4. The van der Waals surface area contributed by atoms with Crippen LogP contribution in [0.4, 0.5) is 0 Å². The van der Waals surface area contributed by atoms with Gasteiger partial charge in [0.2, 0.25) is 17.7 Å². The normalized spacial score (nSPS) is 14.9. The molecular weight excluding hydrogens is 400 g/mol. The Bertz CT molecular complexity index is 698. The number of carboxylic acid groups (broad SMARTS) is 1. The third-order valence-corrected chi connectivity index (χ3v) is 4.70. The second-order valence-corrected chi connectivity index (χ2v) is 7.51. The molecule has 162 valence electrons. The van der Waals surface area contributed by atoms with E-state index in [-0.39, 0.29) is 12.8 Å². The molecule has 0 saturated carbocycles. The first-order valence-electron chi connectivity index (χ1n) is 9.01. The fourth-order valence-corrected chi connectivity index (χ4v) is 2.78. The Morgan fingerprint density at radius 1 is 1.14 bits per heavy atom. The standard InChI is InChI=1S/C17H28N6O5S/c1-9(22-16(26)12(18)6-11-7-19-8-20-11)14(24)21-10(2)15(25)23-13(17(27)28)4-5-29-3/h7-10,12-13H,4-6,18H2,1-3H3,(H,19,20)(H,21,24)(H,22,26)(H,23,25)(H,27,28). The third-order valence-electron chi connectivity index (χ3n) is 4.06. The number of aliphatic carboxylic acids is 1. The lowest BCUT2D eigenvalue weighted by atomic mass is 10.1. The molecule has 1 heterocycles. The van der Waals surface area contributed by atoms with Gasteiger partial charge in [-0.1, -0.05) is 0 Å². The van der Waals surface area contributed by atoms with E-state index in [1.165, 1.54) is 31.9 Å². The fourth-order valence-electron chi connectivity index (χ4n) is 2.31. The number of imidazole rings is 1. The zero-order chi connectivity index (χ0) is 22.0. The van der Waals surface area contributed by atoms with Crippen LogP contribution in [-0.2, 0) is 25.6 Å². The Morgan fingerprint density at radius 2 is 1.72 bits per heavy atom. The molecule has 29 heavy (non-hydrogen) atoms. The van der Waals surface area contributed by atoms with Gasteiger partial charge in [0.25, 0.3) is 0 Å². The van der Waals surface area contributed by atoms with Gasteiger partial charge in [0.15, 0.2) is 0 Å². The summed E-state index contributed by atoms with van der Waals surface area (Å²) in [6.45, 7) is 2.89. The van der Waals surface area contributed by atoms with Gasteiger partial charge in [0.05, 0.1) is 12.4 Å². The van der Waals surface area contributed by atoms with Crippen molar-refractivity contribution in [3.8, 4) is 0 Å². The number of H-pyrrole nitrogens is 1. The zero-order valence-electron chi connectivity index (χ0n) is 16.6. The first-order valence-corrected chi connectivity index (χ1v) is 10.4. The molecule has 4 unspecified atom stereocenters. The van der Waals surface area contributed by atoms with Crippen LogP contribution in [0.2, 0.25) is 0 Å². The van der Waals surface area contributed by atoms with Crippen LogP contribution in [0.15, 0.2) is 12.5 Å². The van der Waals surface area contributed by atoms with Crippen molar-refractivity contribution in [1.29, 1.82) is 0 Å². The number of aromatic nitrogens is 2. The quantitative estimate of drug-likeness (QED) is 0.235. The number of hydrogen-bond acceptors (Lipinski definition) is 7. The first-order chi connectivity index (χ1) is 13.6. The van der Waals surface area contributed by atoms with Gasteiger partial charge in [-0.15, -0.1) is 0 Å². The molecule has 0 aliphatic heterocycles. The third kappa shape index (κ3) is 8.52. The molecule has 12 heteroatoms. The Morgan fingerprint density at radius 3 is 2.24 bits per heavy atom. The van der Waals surface area contributed by atoms with Gasteiger partial charge >= 0.3 is 5.97 Å². The minimum absolute atomic E-state index is 0.228. The molecule has 1 rings (SSSR count). The highest BCUT2D eigenvalue weighted by Crippen LogP contribution is 2.02. The van der Waals surface area contributed by atoms with Crippen molar-refractivity contribution in [1.82, 2.24) is 25.9 Å². The summed E-state index contributed by atoms with van der Waals surface area (Å²) in [6, 6.07) is -3.82. The number of amides is 3. The summed E-state index contributed by atoms with van der Waals surface area (Å²) >= 11 is 1.47. The highest BCUT2D eigenvalue weighted by molar-refractivity contribution is 7.98. The lowest BCUT2D eigenvalue weighted by molar-refractivity contribution is -0.142.